The fourth-order valence-electron chi connectivity index (χ4n) is 2.83. The van der Waals surface area contributed by atoms with Crippen LogP contribution in [0.25, 0.3) is 0 Å². The third-order valence-electron chi connectivity index (χ3n) is 3.80. The van der Waals surface area contributed by atoms with Gasteiger partial charge in [-0.05, 0) is 30.0 Å². The number of hydrogen-bond donors (Lipinski definition) is 2. The van der Waals surface area contributed by atoms with Gasteiger partial charge in [-0.3, -0.25) is 4.79 Å². The minimum absolute atomic E-state index is 0.0876. The lowest BCUT2D eigenvalue weighted by molar-refractivity contribution is -0.115. The summed E-state index contributed by atoms with van der Waals surface area (Å²) in [6.07, 6.45) is 5.05. The van der Waals surface area contributed by atoms with Crippen LogP contribution in [0.1, 0.15) is 36.8 Å². The summed E-state index contributed by atoms with van der Waals surface area (Å²) in [4.78, 5) is 11.3. The van der Waals surface area contributed by atoms with E-state index in [9.17, 15) is 4.79 Å². The maximum absolute atomic E-state index is 11.3. The van der Waals surface area contributed by atoms with Gasteiger partial charge in [-0.25, -0.2) is 0 Å². The van der Waals surface area contributed by atoms with Crippen molar-refractivity contribution in [1.82, 2.24) is 0 Å². The maximum Gasteiger partial charge on any atom is 0.228 e. The lowest BCUT2D eigenvalue weighted by atomic mass is 9.88. The van der Waals surface area contributed by atoms with Gasteiger partial charge in [-0.15, -0.1) is 0 Å². The summed E-state index contributed by atoms with van der Waals surface area (Å²) in [5, 5.41) is 2.85. The summed E-state index contributed by atoms with van der Waals surface area (Å²) < 4.78 is 0. The molecule has 1 aliphatic heterocycles. The van der Waals surface area contributed by atoms with E-state index in [1.807, 2.05) is 6.07 Å². The molecule has 0 saturated heterocycles. The number of amides is 1. The van der Waals surface area contributed by atoms with Crippen molar-refractivity contribution in [2.45, 2.75) is 37.6 Å². The van der Waals surface area contributed by atoms with E-state index in [4.69, 9.17) is 5.73 Å². The molecule has 1 aromatic rings. The van der Waals surface area contributed by atoms with Crippen LogP contribution in [0.2, 0.25) is 0 Å². The summed E-state index contributed by atoms with van der Waals surface area (Å²) in [5.41, 5.74) is 9.50. The van der Waals surface area contributed by atoms with Gasteiger partial charge in [0.05, 0.1) is 6.42 Å². The molecule has 2 aliphatic rings. The fourth-order valence-corrected chi connectivity index (χ4v) is 2.83. The van der Waals surface area contributed by atoms with Crippen molar-refractivity contribution in [3.05, 3.63) is 29.3 Å². The third-order valence-corrected chi connectivity index (χ3v) is 3.80. The van der Waals surface area contributed by atoms with Gasteiger partial charge in [0, 0.05) is 11.2 Å². The Morgan fingerprint density at radius 2 is 2.00 bits per heavy atom. The zero-order valence-corrected chi connectivity index (χ0v) is 9.25. The van der Waals surface area contributed by atoms with Crippen LogP contribution in [0.3, 0.4) is 0 Å². The largest absolute Gasteiger partial charge is 0.326 e. The second-order valence-electron chi connectivity index (χ2n) is 4.96. The number of fused-ring (bicyclic) bond motifs is 1. The highest BCUT2D eigenvalue weighted by atomic mass is 16.1. The number of benzene rings is 1. The van der Waals surface area contributed by atoms with Crippen LogP contribution in [0.4, 0.5) is 5.69 Å². The highest BCUT2D eigenvalue weighted by Crippen LogP contribution is 2.38. The minimum atomic E-state index is -0.152. The lowest BCUT2D eigenvalue weighted by Crippen LogP contribution is -2.33. The molecule has 1 heterocycles. The monoisotopic (exact) mass is 216 g/mol. The van der Waals surface area contributed by atoms with Crippen molar-refractivity contribution in [2.75, 3.05) is 5.32 Å². The molecule has 1 aromatic carbocycles. The van der Waals surface area contributed by atoms with Crippen molar-refractivity contribution in [1.29, 1.82) is 0 Å². The van der Waals surface area contributed by atoms with Crippen LogP contribution in [-0.2, 0) is 16.8 Å². The van der Waals surface area contributed by atoms with Crippen LogP contribution in [0.15, 0.2) is 18.2 Å². The van der Waals surface area contributed by atoms with E-state index >= 15 is 0 Å². The molecule has 0 spiro atoms. The second kappa shape index (κ2) is 3.32. The summed E-state index contributed by atoms with van der Waals surface area (Å²) in [7, 11) is 0. The first kappa shape index (κ1) is 9.85. The Kier molecular flexibility index (Phi) is 2.04. The van der Waals surface area contributed by atoms with Gasteiger partial charge in [0.1, 0.15) is 0 Å². The number of carbonyl (C=O) groups excluding carboxylic acids is 1. The fraction of sp³-hybridized carbons (Fsp3) is 0.462. The summed E-state index contributed by atoms with van der Waals surface area (Å²) in [6, 6.07) is 6.16. The SMILES string of the molecule is NC1(c2ccc3c(c2)CC(=O)N3)CCCC1. The number of nitrogens with two attached hydrogens (primary N) is 1. The van der Waals surface area contributed by atoms with Crippen LogP contribution in [-0.4, -0.2) is 5.91 Å². The molecule has 3 heteroatoms. The second-order valence-corrected chi connectivity index (χ2v) is 4.96. The smallest absolute Gasteiger partial charge is 0.228 e. The van der Waals surface area contributed by atoms with Crippen molar-refractivity contribution < 1.29 is 4.79 Å². The Balaban J connectivity index is 1.98. The third kappa shape index (κ3) is 1.43. The molecule has 3 N–H and O–H groups in total. The average molecular weight is 216 g/mol. The molecule has 1 amide bonds. The Labute approximate surface area is 95.0 Å². The van der Waals surface area contributed by atoms with E-state index < -0.39 is 0 Å². The van der Waals surface area contributed by atoms with Crippen molar-refractivity contribution in [3.8, 4) is 0 Å². The summed E-state index contributed by atoms with van der Waals surface area (Å²) in [6.45, 7) is 0. The molecule has 84 valence electrons. The number of nitrogens with one attached hydrogen (secondary N) is 1. The van der Waals surface area contributed by atoms with Crippen LogP contribution in [0.5, 0.6) is 0 Å². The van der Waals surface area contributed by atoms with Gasteiger partial charge in [0.25, 0.3) is 0 Å². The van der Waals surface area contributed by atoms with Crippen LogP contribution < -0.4 is 11.1 Å². The first-order chi connectivity index (χ1) is 7.67. The van der Waals surface area contributed by atoms with Crippen LogP contribution in [0, 0.1) is 0 Å². The molecule has 16 heavy (non-hydrogen) atoms. The van der Waals surface area contributed by atoms with Crippen molar-refractivity contribution in [2.24, 2.45) is 5.73 Å². The number of anilines is 1. The van der Waals surface area contributed by atoms with Gasteiger partial charge in [-0.1, -0.05) is 25.0 Å². The lowest BCUT2D eigenvalue weighted by Gasteiger charge is -2.24. The van der Waals surface area contributed by atoms with E-state index in [1.54, 1.807) is 0 Å². The quantitative estimate of drug-likeness (QED) is 0.753. The molecule has 0 bridgehead atoms. The predicted molar refractivity (Wildman–Crippen MR) is 63.1 cm³/mol. The van der Waals surface area contributed by atoms with Crippen molar-refractivity contribution >= 4 is 11.6 Å². The molecule has 3 nitrogen and oxygen atoms in total. The van der Waals surface area contributed by atoms with Crippen LogP contribution >= 0.6 is 0 Å². The normalized spacial score (nSPS) is 21.9. The Morgan fingerprint density at radius 1 is 1.25 bits per heavy atom. The van der Waals surface area contributed by atoms with E-state index in [-0.39, 0.29) is 11.4 Å². The molecular formula is C13H16N2O. The number of carbonyl (C=O) groups is 1. The van der Waals surface area contributed by atoms with E-state index in [2.05, 4.69) is 17.4 Å². The molecule has 0 unspecified atom stereocenters. The molecule has 0 radical (unpaired) electrons. The van der Waals surface area contributed by atoms with Crippen molar-refractivity contribution in [3.63, 3.8) is 0 Å². The molecule has 1 saturated carbocycles. The van der Waals surface area contributed by atoms with Gasteiger partial charge < -0.3 is 11.1 Å². The molecular weight excluding hydrogens is 200 g/mol. The van der Waals surface area contributed by atoms with Gasteiger partial charge >= 0.3 is 0 Å². The topological polar surface area (TPSA) is 55.1 Å². The zero-order valence-electron chi connectivity index (χ0n) is 9.25. The van der Waals surface area contributed by atoms with Gasteiger partial charge in [0.2, 0.25) is 5.91 Å². The number of rotatable bonds is 1. The minimum Gasteiger partial charge on any atom is -0.326 e. The average Bonchev–Trinajstić information content (AvgIpc) is 2.82. The first-order valence-corrected chi connectivity index (χ1v) is 5.90. The Hall–Kier alpha value is -1.35. The molecule has 3 rings (SSSR count). The molecule has 1 aliphatic carbocycles. The van der Waals surface area contributed by atoms with E-state index in [0.29, 0.717) is 6.42 Å². The standard InChI is InChI=1S/C13H16N2O/c14-13(5-1-2-6-13)10-3-4-11-9(7-10)8-12(16)15-11/h3-4,7H,1-2,5-6,8,14H2,(H,15,16). The molecule has 0 atom stereocenters. The Morgan fingerprint density at radius 3 is 2.75 bits per heavy atom. The maximum atomic E-state index is 11.3. The highest BCUT2D eigenvalue weighted by molar-refractivity contribution is 5.99. The molecule has 0 aromatic heterocycles. The summed E-state index contributed by atoms with van der Waals surface area (Å²) in [5.74, 6) is 0.0876. The first-order valence-electron chi connectivity index (χ1n) is 5.90. The Bertz CT molecular complexity index is 447. The molecule has 1 fully saturated rings. The van der Waals surface area contributed by atoms with E-state index in [1.165, 1.54) is 18.4 Å². The zero-order chi connectivity index (χ0) is 11.2. The summed E-state index contributed by atoms with van der Waals surface area (Å²) >= 11 is 0. The number of hydrogen-bond acceptors (Lipinski definition) is 2. The van der Waals surface area contributed by atoms with E-state index in [0.717, 1.165) is 24.1 Å². The van der Waals surface area contributed by atoms with Gasteiger partial charge in [0.15, 0.2) is 0 Å². The predicted octanol–water partition coefficient (Wildman–Crippen LogP) is 1.91. The van der Waals surface area contributed by atoms with Gasteiger partial charge in [-0.2, -0.15) is 0 Å². The highest BCUT2D eigenvalue weighted by Gasteiger charge is 2.32.